The Balaban J connectivity index is 2.03. The SMILES string of the molecule is N#CC1=C(N)Oc2c(ccc3ccccc23)C1c1ccccc1. The first-order chi connectivity index (χ1) is 11.3. The van der Waals surface area contributed by atoms with Crippen molar-refractivity contribution in [1.82, 2.24) is 0 Å². The predicted molar refractivity (Wildman–Crippen MR) is 89.7 cm³/mol. The standard InChI is InChI=1S/C20H14N2O/c21-12-17-18(14-7-2-1-3-8-14)16-11-10-13-6-4-5-9-15(13)19(16)23-20(17)22/h1-11,18H,22H2. The molecule has 0 spiro atoms. The summed E-state index contributed by atoms with van der Waals surface area (Å²) in [4.78, 5) is 0. The minimum absolute atomic E-state index is 0.185. The molecular formula is C20H14N2O. The van der Waals surface area contributed by atoms with Crippen molar-refractivity contribution in [3.05, 3.63) is 89.3 Å². The lowest BCUT2D eigenvalue weighted by molar-refractivity contribution is 0.398. The quantitative estimate of drug-likeness (QED) is 0.737. The van der Waals surface area contributed by atoms with Crippen molar-refractivity contribution in [1.29, 1.82) is 5.26 Å². The third kappa shape index (κ3) is 2.04. The van der Waals surface area contributed by atoms with Crippen LogP contribution in [-0.2, 0) is 0 Å². The molecule has 23 heavy (non-hydrogen) atoms. The first-order valence-electron chi connectivity index (χ1n) is 7.44. The molecule has 1 aliphatic rings. The molecule has 2 N–H and O–H groups in total. The number of allylic oxidation sites excluding steroid dienone is 1. The average Bonchev–Trinajstić information content (AvgIpc) is 2.61. The molecule has 0 aliphatic carbocycles. The minimum Gasteiger partial charge on any atom is -0.440 e. The molecule has 0 saturated carbocycles. The fourth-order valence-electron chi connectivity index (χ4n) is 3.18. The van der Waals surface area contributed by atoms with E-state index in [1.807, 2.05) is 60.7 Å². The Hall–Kier alpha value is -3.25. The molecule has 0 amide bonds. The summed E-state index contributed by atoms with van der Waals surface area (Å²) >= 11 is 0. The van der Waals surface area contributed by atoms with Gasteiger partial charge in [0.05, 0.1) is 5.92 Å². The van der Waals surface area contributed by atoms with Crippen LogP contribution in [0.5, 0.6) is 5.75 Å². The van der Waals surface area contributed by atoms with Gasteiger partial charge in [-0.15, -0.1) is 0 Å². The molecule has 0 fully saturated rings. The largest absolute Gasteiger partial charge is 0.440 e. The van der Waals surface area contributed by atoms with Crippen LogP contribution in [0.1, 0.15) is 17.0 Å². The summed E-state index contributed by atoms with van der Waals surface area (Å²) in [6.07, 6.45) is 0. The van der Waals surface area contributed by atoms with Gasteiger partial charge < -0.3 is 10.5 Å². The van der Waals surface area contributed by atoms with E-state index in [4.69, 9.17) is 10.5 Å². The third-order valence-electron chi connectivity index (χ3n) is 4.24. The highest BCUT2D eigenvalue weighted by Gasteiger charge is 2.31. The van der Waals surface area contributed by atoms with Crippen molar-refractivity contribution in [2.75, 3.05) is 0 Å². The topological polar surface area (TPSA) is 59.0 Å². The molecule has 1 aliphatic heterocycles. The lowest BCUT2D eigenvalue weighted by Crippen LogP contribution is -2.21. The van der Waals surface area contributed by atoms with Gasteiger partial charge >= 0.3 is 0 Å². The lowest BCUT2D eigenvalue weighted by atomic mass is 9.82. The maximum absolute atomic E-state index is 9.56. The van der Waals surface area contributed by atoms with Gasteiger partial charge in [0.25, 0.3) is 0 Å². The average molecular weight is 298 g/mol. The van der Waals surface area contributed by atoms with Gasteiger partial charge in [-0.1, -0.05) is 66.7 Å². The molecule has 3 heteroatoms. The molecule has 1 unspecified atom stereocenters. The highest BCUT2D eigenvalue weighted by molar-refractivity contribution is 5.90. The van der Waals surface area contributed by atoms with Crippen molar-refractivity contribution >= 4 is 10.8 Å². The van der Waals surface area contributed by atoms with Crippen LogP contribution in [0.2, 0.25) is 0 Å². The number of ether oxygens (including phenoxy) is 1. The van der Waals surface area contributed by atoms with E-state index in [-0.39, 0.29) is 11.8 Å². The van der Waals surface area contributed by atoms with Crippen molar-refractivity contribution in [3.63, 3.8) is 0 Å². The van der Waals surface area contributed by atoms with Gasteiger partial charge in [-0.05, 0) is 10.9 Å². The molecule has 0 aromatic heterocycles. The van der Waals surface area contributed by atoms with E-state index in [9.17, 15) is 5.26 Å². The van der Waals surface area contributed by atoms with Crippen LogP contribution in [0.15, 0.2) is 78.2 Å². The molecule has 3 aromatic carbocycles. The van der Waals surface area contributed by atoms with Crippen LogP contribution < -0.4 is 10.5 Å². The zero-order chi connectivity index (χ0) is 15.8. The highest BCUT2D eigenvalue weighted by atomic mass is 16.5. The Bertz CT molecular complexity index is 968. The van der Waals surface area contributed by atoms with Crippen LogP contribution in [0.25, 0.3) is 10.8 Å². The van der Waals surface area contributed by atoms with Crippen molar-refractivity contribution < 1.29 is 4.74 Å². The molecule has 0 bridgehead atoms. The van der Waals surface area contributed by atoms with Gasteiger partial charge in [0.2, 0.25) is 5.88 Å². The van der Waals surface area contributed by atoms with Gasteiger partial charge in [-0.3, -0.25) is 0 Å². The molecule has 0 saturated heterocycles. The second-order valence-electron chi connectivity index (χ2n) is 5.54. The van der Waals surface area contributed by atoms with Crippen molar-refractivity contribution in [2.24, 2.45) is 5.73 Å². The summed E-state index contributed by atoms with van der Waals surface area (Å²) in [5, 5.41) is 11.7. The summed E-state index contributed by atoms with van der Waals surface area (Å²) < 4.78 is 5.84. The molecule has 1 atom stereocenters. The first-order valence-corrected chi connectivity index (χ1v) is 7.44. The van der Waals surface area contributed by atoms with E-state index in [2.05, 4.69) is 12.1 Å². The maximum Gasteiger partial charge on any atom is 0.205 e. The fraction of sp³-hybridized carbons (Fsp3) is 0.0500. The van der Waals surface area contributed by atoms with E-state index < -0.39 is 0 Å². The monoisotopic (exact) mass is 298 g/mol. The van der Waals surface area contributed by atoms with E-state index in [0.29, 0.717) is 5.57 Å². The second kappa shape index (κ2) is 5.19. The fourth-order valence-corrected chi connectivity index (χ4v) is 3.18. The molecule has 1 heterocycles. The highest BCUT2D eigenvalue weighted by Crippen LogP contribution is 2.45. The molecule has 3 aromatic rings. The molecular weight excluding hydrogens is 284 g/mol. The van der Waals surface area contributed by atoms with Crippen LogP contribution in [0.3, 0.4) is 0 Å². The van der Waals surface area contributed by atoms with E-state index >= 15 is 0 Å². The summed E-state index contributed by atoms with van der Waals surface area (Å²) in [5.74, 6) is 0.730. The summed E-state index contributed by atoms with van der Waals surface area (Å²) in [7, 11) is 0. The second-order valence-corrected chi connectivity index (χ2v) is 5.54. The van der Waals surface area contributed by atoms with Crippen LogP contribution in [0.4, 0.5) is 0 Å². The van der Waals surface area contributed by atoms with Gasteiger partial charge in [0, 0.05) is 10.9 Å². The Labute approximate surface area is 134 Å². The van der Waals surface area contributed by atoms with Crippen LogP contribution in [0, 0.1) is 11.3 Å². The summed E-state index contributed by atoms with van der Waals surface area (Å²) in [6, 6.07) is 24.3. The van der Waals surface area contributed by atoms with E-state index in [1.54, 1.807) is 0 Å². The number of nitrogens with two attached hydrogens (primary N) is 1. The first kappa shape index (κ1) is 13.4. The van der Waals surface area contributed by atoms with E-state index in [0.717, 1.165) is 27.6 Å². The van der Waals surface area contributed by atoms with Crippen LogP contribution in [-0.4, -0.2) is 0 Å². The maximum atomic E-state index is 9.56. The Kier molecular flexibility index (Phi) is 3.03. The molecule has 4 rings (SSSR count). The normalized spacial score (nSPS) is 16.6. The van der Waals surface area contributed by atoms with Crippen LogP contribution >= 0.6 is 0 Å². The summed E-state index contributed by atoms with van der Waals surface area (Å²) in [6.45, 7) is 0. The van der Waals surface area contributed by atoms with Gasteiger partial charge in [0.1, 0.15) is 17.4 Å². The van der Waals surface area contributed by atoms with Crippen molar-refractivity contribution in [2.45, 2.75) is 5.92 Å². The number of nitrogens with zero attached hydrogens (tertiary/aromatic N) is 1. The number of hydrogen-bond donors (Lipinski definition) is 1. The number of fused-ring (bicyclic) bond motifs is 3. The predicted octanol–water partition coefficient (Wildman–Crippen LogP) is 4.06. The Morgan fingerprint density at radius 3 is 2.43 bits per heavy atom. The van der Waals surface area contributed by atoms with Gasteiger partial charge in [-0.2, -0.15) is 5.26 Å². The number of benzene rings is 3. The smallest absolute Gasteiger partial charge is 0.205 e. The summed E-state index contributed by atoms with van der Waals surface area (Å²) in [5.41, 5.74) is 8.52. The van der Waals surface area contributed by atoms with Gasteiger partial charge in [-0.25, -0.2) is 0 Å². The number of nitriles is 1. The molecule has 110 valence electrons. The lowest BCUT2D eigenvalue weighted by Gasteiger charge is -2.27. The third-order valence-corrected chi connectivity index (χ3v) is 4.24. The number of rotatable bonds is 1. The molecule has 3 nitrogen and oxygen atoms in total. The number of hydrogen-bond acceptors (Lipinski definition) is 3. The Morgan fingerprint density at radius 2 is 1.65 bits per heavy atom. The zero-order valence-corrected chi connectivity index (χ0v) is 12.4. The zero-order valence-electron chi connectivity index (χ0n) is 12.4. The Morgan fingerprint density at radius 1 is 0.913 bits per heavy atom. The molecule has 0 radical (unpaired) electrons. The van der Waals surface area contributed by atoms with E-state index in [1.165, 1.54) is 0 Å². The van der Waals surface area contributed by atoms with Gasteiger partial charge in [0.15, 0.2) is 0 Å². The van der Waals surface area contributed by atoms with Crippen molar-refractivity contribution in [3.8, 4) is 11.8 Å². The minimum atomic E-state index is -0.199.